The van der Waals surface area contributed by atoms with E-state index in [-0.39, 0.29) is 12.1 Å². The normalized spacial score (nSPS) is 24.9. The molecule has 1 aliphatic rings. The Bertz CT molecular complexity index is 292. The number of nitrogens with zero attached hydrogens (tertiary/aromatic N) is 2. The van der Waals surface area contributed by atoms with Crippen LogP contribution in [-0.2, 0) is 4.74 Å². The monoisotopic (exact) mass is 197 g/mol. The average Bonchev–Trinajstić information content (AvgIpc) is 2.68. The van der Waals surface area contributed by atoms with E-state index in [2.05, 4.69) is 10.1 Å². The van der Waals surface area contributed by atoms with Gasteiger partial charge in [0.2, 0.25) is 11.7 Å². The molecule has 14 heavy (non-hydrogen) atoms. The summed E-state index contributed by atoms with van der Waals surface area (Å²) in [5, 5.41) is 3.87. The van der Waals surface area contributed by atoms with Crippen LogP contribution in [0.5, 0.6) is 0 Å². The van der Waals surface area contributed by atoms with Crippen LogP contribution in [0.1, 0.15) is 50.0 Å². The molecule has 2 rings (SSSR count). The fourth-order valence-corrected chi connectivity index (χ4v) is 1.51. The Morgan fingerprint density at radius 2 is 2.36 bits per heavy atom. The van der Waals surface area contributed by atoms with Crippen molar-refractivity contribution in [2.45, 2.75) is 38.3 Å². The third-order valence-electron chi connectivity index (χ3n) is 2.31. The Morgan fingerprint density at radius 1 is 1.50 bits per heavy atom. The third kappa shape index (κ3) is 1.93. The lowest BCUT2D eigenvalue weighted by Crippen LogP contribution is -2.13. The Kier molecular flexibility index (Phi) is 2.79. The van der Waals surface area contributed by atoms with Gasteiger partial charge in [0.15, 0.2) is 0 Å². The molecule has 5 heteroatoms. The summed E-state index contributed by atoms with van der Waals surface area (Å²) in [6.07, 6.45) is 3.25. The van der Waals surface area contributed by atoms with Crippen molar-refractivity contribution in [2.24, 2.45) is 5.73 Å². The van der Waals surface area contributed by atoms with Gasteiger partial charge < -0.3 is 15.0 Å². The van der Waals surface area contributed by atoms with Crippen LogP contribution in [0.15, 0.2) is 4.52 Å². The molecular weight excluding hydrogens is 182 g/mol. The minimum Gasteiger partial charge on any atom is -0.370 e. The average molecular weight is 197 g/mol. The maximum Gasteiger partial charge on any atom is 0.243 e. The highest BCUT2D eigenvalue weighted by molar-refractivity contribution is 4.94. The molecule has 0 amide bonds. The second-order valence-corrected chi connectivity index (χ2v) is 3.63. The van der Waals surface area contributed by atoms with Crippen molar-refractivity contribution in [1.29, 1.82) is 0 Å². The topological polar surface area (TPSA) is 74.2 Å². The van der Waals surface area contributed by atoms with E-state index in [1.807, 2.05) is 6.92 Å². The summed E-state index contributed by atoms with van der Waals surface area (Å²) in [6, 6.07) is -0.208. The molecule has 0 saturated carbocycles. The Hall–Kier alpha value is -0.940. The number of rotatable bonds is 2. The number of hydrogen-bond acceptors (Lipinski definition) is 5. The van der Waals surface area contributed by atoms with Gasteiger partial charge in [0.1, 0.15) is 6.10 Å². The second kappa shape index (κ2) is 4.06. The molecule has 0 aromatic carbocycles. The van der Waals surface area contributed by atoms with Crippen molar-refractivity contribution >= 4 is 0 Å². The molecule has 5 nitrogen and oxygen atoms in total. The van der Waals surface area contributed by atoms with E-state index in [1.165, 1.54) is 0 Å². The van der Waals surface area contributed by atoms with Gasteiger partial charge in [-0.05, 0) is 26.2 Å². The Balaban J connectivity index is 2.07. The summed E-state index contributed by atoms with van der Waals surface area (Å²) in [5.41, 5.74) is 5.62. The lowest BCUT2D eigenvalue weighted by molar-refractivity contribution is 0.00821. The molecule has 2 heterocycles. The maximum absolute atomic E-state index is 5.62. The highest BCUT2D eigenvalue weighted by atomic mass is 16.5. The molecule has 1 aromatic rings. The first kappa shape index (κ1) is 9.61. The molecule has 2 unspecified atom stereocenters. The molecule has 1 aromatic heterocycles. The van der Waals surface area contributed by atoms with Crippen molar-refractivity contribution in [2.75, 3.05) is 6.61 Å². The minimum atomic E-state index is -0.208. The predicted octanol–water partition coefficient (Wildman–Crippen LogP) is 1.33. The molecular formula is C9H15N3O2. The zero-order valence-corrected chi connectivity index (χ0v) is 8.27. The van der Waals surface area contributed by atoms with Gasteiger partial charge in [-0.1, -0.05) is 5.16 Å². The van der Waals surface area contributed by atoms with Crippen molar-refractivity contribution in [3.8, 4) is 0 Å². The number of ether oxygens (including phenoxy) is 1. The summed E-state index contributed by atoms with van der Waals surface area (Å²) >= 11 is 0. The molecule has 78 valence electrons. The maximum atomic E-state index is 5.62. The van der Waals surface area contributed by atoms with Gasteiger partial charge in [-0.3, -0.25) is 0 Å². The molecule has 0 bridgehead atoms. The van der Waals surface area contributed by atoms with Gasteiger partial charge in [0, 0.05) is 6.61 Å². The predicted molar refractivity (Wildman–Crippen MR) is 49.4 cm³/mol. The van der Waals surface area contributed by atoms with Crippen LogP contribution in [0.2, 0.25) is 0 Å². The van der Waals surface area contributed by atoms with E-state index >= 15 is 0 Å². The smallest absolute Gasteiger partial charge is 0.243 e. The van der Waals surface area contributed by atoms with E-state index in [0.717, 1.165) is 25.9 Å². The van der Waals surface area contributed by atoms with E-state index in [1.54, 1.807) is 0 Å². The first-order valence-electron chi connectivity index (χ1n) is 4.98. The van der Waals surface area contributed by atoms with Crippen molar-refractivity contribution < 1.29 is 9.26 Å². The Morgan fingerprint density at radius 3 is 2.93 bits per heavy atom. The van der Waals surface area contributed by atoms with E-state index in [9.17, 15) is 0 Å². The number of nitrogens with two attached hydrogens (primary N) is 1. The van der Waals surface area contributed by atoms with Gasteiger partial charge in [0.05, 0.1) is 6.04 Å². The minimum absolute atomic E-state index is 0.000000000000000444. The van der Waals surface area contributed by atoms with Gasteiger partial charge in [-0.25, -0.2) is 0 Å². The summed E-state index contributed by atoms with van der Waals surface area (Å²) in [5.74, 6) is 1.12. The van der Waals surface area contributed by atoms with Gasteiger partial charge in [0.25, 0.3) is 0 Å². The zero-order valence-electron chi connectivity index (χ0n) is 8.27. The molecule has 1 fully saturated rings. The summed E-state index contributed by atoms with van der Waals surface area (Å²) < 4.78 is 10.5. The molecule has 0 radical (unpaired) electrons. The molecule has 2 atom stereocenters. The summed E-state index contributed by atoms with van der Waals surface area (Å²) in [6.45, 7) is 2.60. The molecule has 0 aliphatic carbocycles. The van der Waals surface area contributed by atoms with Gasteiger partial charge in [-0.15, -0.1) is 0 Å². The molecule has 1 aliphatic heterocycles. The standard InChI is InChI=1S/C9H15N3O2/c1-6(10)9-11-8(12-14-9)7-4-2-3-5-13-7/h6-7H,2-5,10H2,1H3. The van der Waals surface area contributed by atoms with Crippen molar-refractivity contribution in [3.63, 3.8) is 0 Å². The first-order chi connectivity index (χ1) is 6.77. The van der Waals surface area contributed by atoms with Crippen molar-refractivity contribution in [1.82, 2.24) is 10.1 Å². The quantitative estimate of drug-likeness (QED) is 0.774. The molecule has 0 spiro atoms. The highest BCUT2D eigenvalue weighted by Gasteiger charge is 2.22. The first-order valence-corrected chi connectivity index (χ1v) is 4.98. The fraction of sp³-hybridized carbons (Fsp3) is 0.778. The lowest BCUT2D eigenvalue weighted by Gasteiger charge is -2.18. The van der Waals surface area contributed by atoms with E-state index in [4.69, 9.17) is 15.0 Å². The van der Waals surface area contributed by atoms with Crippen LogP contribution < -0.4 is 5.73 Å². The number of aromatic nitrogens is 2. The molecule has 2 N–H and O–H groups in total. The van der Waals surface area contributed by atoms with Crippen LogP contribution in [0.4, 0.5) is 0 Å². The van der Waals surface area contributed by atoms with Crippen LogP contribution >= 0.6 is 0 Å². The van der Waals surface area contributed by atoms with E-state index < -0.39 is 0 Å². The van der Waals surface area contributed by atoms with Gasteiger partial charge in [-0.2, -0.15) is 4.98 Å². The SMILES string of the molecule is CC(N)c1nc(C2CCCCO2)no1. The van der Waals surface area contributed by atoms with Crippen LogP contribution in [-0.4, -0.2) is 16.7 Å². The zero-order chi connectivity index (χ0) is 9.97. The second-order valence-electron chi connectivity index (χ2n) is 3.63. The van der Waals surface area contributed by atoms with Crippen LogP contribution in [0.25, 0.3) is 0 Å². The third-order valence-corrected chi connectivity index (χ3v) is 2.31. The van der Waals surface area contributed by atoms with Gasteiger partial charge >= 0.3 is 0 Å². The lowest BCUT2D eigenvalue weighted by atomic mass is 10.1. The van der Waals surface area contributed by atoms with Crippen LogP contribution in [0.3, 0.4) is 0 Å². The summed E-state index contributed by atoms with van der Waals surface area (Å²) in [4.78, 5) is 4.21. The number of hydrogen-bond donors (Lipinski definition) is 1. The van der Waals surface area contributed by atoms with E-state index in [0.29, 0.717) is 11.7 Å². The molecule has 1 saturated heterocycles. The Labute approximate surface area is 82.6 Å². The van der Waals surface area contributed by atoms with Crippen molar-refractivity contribution in [3.05, 3.63) is 11.7 Å². The fourth-order valence-electron chi connectivity index (χ4n) is 1.51. The summed E-state index contributed by atoms with van der Waals surface area (Å²) in [7, 11) is 0. The van der Waals surface area contributed by atoms with Crippen LogP contribution in [0, 0.1) is 0 Å². The highest BCUT2D eigenvalue weighted by Crippen LogP contribution is 2.25. The largest absolute Gasteiger partial charge is 0.370 e.